The summed E-state index contributed by atoms with van der Waals surface area (Å²) >= 11 is 1.36. The number of hydrogen-bond acceptors (Lipinski definition) is 4. The van der Waals surface area contributed by atoms with Gasteiger partial charge in [0.25, 0.3) is 11.8 Å². The zero-order valence-corrected chi connectivity index (χ0v) is 14.7. The van der Waals surface area contributed by atoms with Crippen LogP contribution in [0.5, 0.6) is 0 Å². The predicted molar refractivity (Wildman–Crippen MR) is 96.6 cm³/mol. The number of rotatable bonds is 7. The molecule has 0 bridgehead atoms. The summed E-state index contributed by atoms with van der Waals surface area (Å²) in [5.41, 5.74) is 0.584. The van der Waals surface area contributed by atoms with Crippen LogP contribution in [0, 0.1) is 0 Å². The van der Waals surface area contributed by atoms with Gasteiger partial charge < -0.3 is 15.7 Å². The zero-order valence-electron chi connectivity index (χ0n) is 13.8. The Balaban J connectivity index is 2.09. The second-order valence-corrected chi connectivity index (χ2v) is 6.80. The topological polar surface area (TPSA) is 78.4 Å². The molecule has 2 amide bonds. The largest absolute Gasteiger partial charge is 0.396 e. The third kappa shape index (κ3) is 4.66. The number of anilines is 1. The van der Waals surface area contributed by atoms with Crippen molar-refractivity contribution in [1.29, 1.82) is 0 Å². The van der Waals surface area contributed by atoms with E-state index in [1.807, 2.05) is 25.3 Å². The SMILES string of the molecule is CCC(C)(CCO)NC(=O)c1cccc(NC(=O)c2cccs2)c1. The Morgan fingerprint density at radius 2 is 2.00 bits per heavy atom. The normalized spacial score (nSPS) is 13.1. The second kappa shape index (κ2) is 8.08. The van der Waals surface area contributed by atoms with E-state index in [2.05, 4.69) is 10.6 Å². The molecule has 128 valence electrons. The maximum atomic E-state index is 12.5. The molecule has 1 aromatic heterocycles. The average molecular weight is 346 g/mol. The van der Waals surface area contributed by atoms with Crippen molar-refractivity contribution in [2.24, 2.45) is 0 Å². The fourth-order valence-corrected chi connectivity index (χ4v) is 2.88. The minimum absolute atomic E-state index is 0.0154. The third-order valence-electron chi connectivity index (χ3n) is 3.99. The van der Waals surface area contributed by atoms with Crippen LogP contribution in [-0.2, 0) is 0 Å². The van der Waals surface area contributed by atoms with Crippen molar-refractivity contribution in [1.82, 2.24) is 5.32 Å². The van der Waals surface area contributed by atoms with E-state index in [1.54, 1.807) is 30.3 Å². The van der Waals surface area contributed by atoms with Gasteiger partial charge in [0, 0.05) is 23.4 Å². The number of carbonyl (C=O) groups is 2. The number of carbonyl (C=O) groups excluding carboxylic acids is 2. The van der Waals surface area contributed by atoms with Crippen molar-refractivity contribution >= 4 is 28.8 Å². The lowest BCUT2D eigenvalue weighted by atomic mass is 9.94. The van der Waals surface area contributed by atoms with Gasteiger partial charge in [0.2, 0.25) is 0 Å². The number of aliphatic hydroxyl groups excluding tert-OH is 1. The van der Waals surface area contributed by atoms with E-state index in [0.717, 1.165) is 0 Å². The van der Waals surface area contributed by atoms with Gasteiger partial charge in [-0.3, -0.25) is 9.59 Å². The first-order valence-electron chi connectivity index (χ1n) is 7.86. The van der Waals surface area contributed by atoms with Crippen LogP contribution in [0.25, 0.3) is 0 Å². The van der Waals surface area contributed by atoms with E-state index in [0.29, 0.717) is 29.0 Å². The van der Waals surface area contributed by atoms with Crippen LogP contribution in [-0.4, -0.2) is 29.1 Å². The summed E-state index contributed by atoms with van der Waals surface area (Å²) in [5.74, 6) is -0.416. The van der Waals surface area contributed by atoms with E-state index in [-0.39, 0.29) is 18.4 Å². The summed E-state index contributed by atoms with van der Waals surface area (Å²) in [4.78, 5) is 25.2. The fourth-order valence-electron chi connectivity index (χ4n) is 2.26. The van der Waals surface area contributed by atoms with Gasteiger partial charge in [-0.05, 0) is 49.4 Å². The van der Waals surface area contributed by atoms with Gasteiger partial charge >= 0.3 is 0 Å². The maximum absolute atomic E-state index is 12.5. The third-order valence-corrected chi connectivity index (χ3v) is 4.86. The summed E-state index contributed by atoms with van der Waals surface area (Å²) in [6.07, 6.45) is 1.21. The van der Waals surface area contributed by atoms with Crippen LogP contribution in [0.1, 0.15) is 46.7 Å². The molecule has 1 aromatic carbocycles. The number of amides is 2. The molecule has 2 rings (SSSR count). The number of hydrogen-bond donors (Lipinski definition) is 3. The highest BCUT2D eigenvalue weighted by Gasteiger charge is 2.24. The van der Waals surface area contributed by atoms with Gasteiger partial charge in [-0.25, -0.2) is 0 Å². The Morgan fingerprint density at radius 3 is 2.62 bits per heavy atom. The highest BCUT2D eigenvalue weighted by molar-refractivity contribution is 7.12. The lowest BCUT2D eigenvalue weighted by Crippen LogP contribution is -2.46. The summed E-state index contributed by atoms with van der Waals surface area (Å²) in [6.45, 7) is 3.89. The summed E-state index contributed by atoms with van der Waals surface area (Å²) in [7, 11) is 0. The Labute approximate surface area is 145 Å². The van der Waals surface area contributed by atoms with Gasteiger partial charge in [0.1, 0.15) is 0 Å². The van der Waals surface area contributed by atoms with Crippen molar-refractivity contribution in [2.75, 3.05) is 11.9 Å². The standard InChI is InChI=1S/C18H22N2O3S/c1-3-18(2,9-10-21)20-16(22)13-6-4-7-14(12-13)19-17(23)15-8-5-11-24-15/h4-8,11-12,21H,3,9-10H2,1-2H3,(H,19,23)(H,20,22). The number of benzene rings is 1. The van der Waals surface area contributed by atoms with E-state index in [4.69, 9.17) is 5.11 Å². The molecule has 3 N–H and O–H groups in total. The Kier molecular flexibility index (Phi) is 6.11. The zero-order chi connectivity index (χ0) is 17.6. The van der Waals surface area contributed by atoms with Gasteiger partial charge in [-0.15, -0.1) is 11.3 Å². The fraction of sp³-hybridized carbons (Fsp3) is 0.333. The Bertz CT molecular complexity index is 700. The van der Waals surface area contributed by atoms with E-state index < -0.39 is 5.54 Å². The lowest BCUT2D eigenvalue weighted by molar-refractivity contribution is 0.0885. The first-order valence-corrected chi connectivity index (χ1v) is 8.73. The molecule has 5 nitrogen and oxygen atoms in total. The van der Waals surface area contributed by atoms with Crippen LogP contribution < -0.4 is 10.6 Å². The molecule has 0 spiro atoms. The molecule has 1 heterocycles. The summed E-state index contributed by atoms with van der Waals surface area (Å²) in [5, 5.41) is 16.7. The summed E-state index contributed by atoms with van der Waals surface area (Å²) < 4.78 is 0. The van der Waals surface area contributed by atoms with Crippen molar-refractivity contribution in [3.05, 3.63) is 52.2 Å². The minimum Gasteiger partial charge on any atom is -0.396 e. The smallest absolute Gasteiger partial charge is 0.265 e. The minimum atomic E-state index is -0.456. The Morgan fingerprint density at radius 1 is 1.21 bits per heavy atom. The molecule has 0 saturated carbocycles. The maximum Gasteiger partial charge on any atom is 0.265 e. The number of aliphatic hydroxyl groups is 1. The first kappa shape index (κ1) is 18.2. The molecule has 0 saturated heterocycles. The second-order valence-electron chi connectivity index (χ2n) is 5.85. The van der Waals surface area contributed by atoms with Gasteiger partial charge in [-0.2, -0.15) is 0 Å². The van der Waals surface area contributed by atoms with Crippen molar-refractivity contribution < 1.29 is 14.7 Å². The molecule has 0 aliphatic rings. The van der Waals surface area contributed by atoms with Gasteiger partial charge in [0.05, 0.1) is 4.88 Å². The molecule has 2 aromatic rings. The Hall–Kier alpha value is -2.18. The monoisotopic (exact) mass is 346 g/mol. The molecule has 0 aliphatic heterocycles. The van der Waals surface area contributed by atoms with Gasteiger partial charge in [-0.1, -0.05) is 19.1 Å². The predicted octanol–water partition coefficient (Wildman–Crippen LogP) is 3.28. The first-order chi connectivity index (χ1) is 11.5. The number of nitrogens with one attached hydrogen (secondary N) is 2. The molecule has 1 atom stereocenters. The van der Waals surface area contributed by atoms with E-state index in [9.17, 15) is 9.59 Å². The molecule has 6 heteroatoms. The van der Waals surface area contributed by atoms with Crippen LogP contribution in [0.2, 0.25) is 0 Å². The summed E-state index contributed by atoms with van der Waals surface area (Å²) in [6, 6.07) is 10.4. The molecule has 0 aliphatic carbocycles. The van der Waals surface area contributed by atoms with Crippen LogP contribution in [0.4, 0.5) is 5.69 Å². The van der Waals surface area contributed by atoms with E-state index in [1.165, 1.54) is 11.3 Å². The highest BCUT2D eigenvalue weighted by Crippen LogP contribution is 2.18. The van der Waals surface area contributed by atoms with Crippen LogP contribution >= 0.6 is 11.3 Å². The molecule has 1 unspecified atom stereocenters. The molecular weight excluding hydrogens is 324 g/mol. The molecule has 0 radical (unpaired) electrons. The average Bonchev–Trinajstić information content (AvgIpc) is 3.10. The van der Waals surface area contributed by atoms with Crippen LogP contribution in [0.3, 0.4) is 0 Å². The lowest BCUT2D eigenvalue weighted by Gasteiger charge is -2.29. The molecular formula is C18H22N2O3S. The molecule has 0 fully saturated rings. The van der Waals surface area contributed by atoms with Crippen molar-refractivity contribution in [2.45, 2.75) is 32.2 Å². The highest BCUT2D eigenvalue weighted by atomic mass is 32.1. The van der Waals surface area contributed by atoms with Crippen molar-refractivity contribution in [3.8, 4) is 0 Å². The quantitative estimate of drug-likeness (QED) is 0.720. The van der Waals surface area contributed by atoms with E-state index >= 15 is 0 Å². The van der Waals surface area contributed by atoms with Crippen molar-refractivity contribution in [3.63, 3.8) is 0 Å². The molecule has 24 heavy (non-hydrogen) atoms. The number of thiophene rings is 1. The van der Waals surface area contributed by atoms with Crippen LogP contribution in [0.15, 0.2) is 41.8 Å². The van der Waals surface area contributed by atoms with Gasteiger partial charge in [0.15, 0.2) is 0 Å².